The highest BCUT2D eigenvalue weighted by Gasteiger charge is 2.12. The van der Waals surface area contributed by atoms with Gasteiger partial charge in [-0.25, -0.2) is 0 Å². The number of benzene rings is 2. The second kappa shape index (κ2) is 5.68. The number of aryl methyl sites for hydroxylation is 2. The third kappa shape index (κ3) is 2.56. The molecule has 0 heterocycles. The molecular formula is C17H15ClO2. The third-order valence-electron chi connectivity index (χ3n) is 3.68. The molecule has 1 aliphatic carbocycles. The first-order valence-electron chi connectivity index (χ1n) is 6.81. The summed E-state index contributed by atoms with van der Waals surface area (Å²) in [5.41, 5.74) is 3.15. The lowest BCUT2D eigenvalue weighted by Gasteiger charge is -2.17. The van der Waals surface area contributed by atoms with E-state index in [1.807, 2.05) is 6.07 Å². The van der Waals surface area contributed by atoms with Crippen molar-refractivity contribution < 1.29 is 9.53 Å². The summed E-state index contributed by atoms with van der Waals surface area (Å²) in [5.74, 6) is 1.26. The minimum absolute atomic E-state index is 0.395. The van der Waals surface area contributed by atoms with Gasteiger partial charge in [0.1, 0.15) is 11.5 Å². The maximum absolute atomic E-state index is 11.1. The minimum atomic E-state index is 0.395. The number of aldehydes is 1. The molecule has 2 aromatic carbocycles. The van der Waals surface area contributed by atoms with Crippen LogP contribution in [0.15, 0.2) is 36.4 Å². The van der Waals surface area contributed by atoms with Gasteiger partial charge in [0.15, 0.2) is 6.29 Å². The quantitative estimate of drug-likeness (QED) is 0.756. The van der Waals surface area contributed by atoms with E-state index in [9.17, 15) is 4.79 Å². The molecule has 0 saturated carbocycles. The fourth-order valence-corrected chi connectivity index (χ4v) is 2.83. The standard InChI is InChI=1S/C17H15ClO2/c18-16-6-3-7-17(15(16)11-19)20-14-9-8-12-4-1-2-5-13(12)10-14/h3,6-11H,1-2,4-5H2. The van der Waals surface area contributed by atoms with Crippen LogP contribution in [0.25, 0.3) is 0 Å². The molecule has 3 rings (SSSR count). The molecule has 0 fully saturated rings. The van der Waals surface area contributed by atoms with E-state index < -0.39 is 0 Å². The van der Waals surface area contributed by atoms with Crippen LogP contribution in [0.2, 0.25) is 5.02 Å². The third-order valence-corrected chi connectivity index (χ3v) is 4.01. The first-order chi connectivity index (χ1) is 9.78. The molecule has 102 valence electrons. The van der Waals surface area contributed by atoms with Crippen molar-refractivity contribution in [2.75, 3.05) is 0 Å². The Kier molecular flexibility index (Phi) is 3.75. The van der Waals surface area contributed by atoms with Crippen LogP contribution in [0.1, 0.15) is 34.3 Å². The number of halogens is 1. The number of rotatable bonds is 3. The number of fused-ring (bicyclic) bond motifs is 1. The molecule has 0 radical (unpaired) electrons. The van der Waals surface area contributed by atoms with Crippen molar-refractivity contribution in [1.29, 1.82) is 0 Å². The molecule has 0 N–H and O–H groups in total. The molecule has 0 saturated heterocycles. The zero-order valence-electron chi connectivity index (χ0n) is 11.1. The van der Waals surface area contributed by atoms with Gasteiger partial charge in [-0.15, -0.1) is 0 Å². The Morgan fingerprint density at radius 1 is 1.05 bits per heavy atom. The van der Waals surface area contributed by atoms with Crippen LogP contribution in [-0.4, -0.2) is 6.29 Å². The maximum Gasteiger partial charge on any atom is 0.155 e. The molecule has 2 nitrogen and oxygen atoms in total. The first-order valence-corrected chi connectivity index (χ1v) is 7.19. The molecule has 0 atom stereocenters. The number of carbonyl (C=O) groups excluding carboxylic acids is 1. The summed E-state index contributed by atoms with van der Waals surface area (Å²) in [6.07, 6.45) is 5.47. The van der Waals surface area contributed by atoms with Crippen LogP contribution in [0.4, 0.5) is 0 Å². The second-order valence-corrected chi connectivity index (χ2v) is 5.42. The molecule has 0 bridgehead atoms. The highest BCUT2D eigenvalue weighted by atomic mass is 35.5. The number of hydrogen-bond acceptors (Lipinski definition) is 2. The van der Waals surface area contributed by atoms with Gasteiger partial charge in [-0.3, -0.25) is 4.79 Å². The zero-order valence-corrected chi connectivity index (χ0v) is 11.8. The van der Waals surface area contributed by atoms with Crippen LogP contribution < -0.4 is 4.74 Å². The van der Waals surface area contributed by atoms with Gasteiger partial charge in [-0.2, -0.15) is 0 Å². The monoisotopic (exact) mass is 286 g/mol. The molecule has 20 heavy (non-hydrogen) atoms. The van der Waals surface area contributed by atoms with E-state index >= 15 is 0 Å². The summed E-state index contributed by atoms with van der Waals surface area (Å²) >= 11 is 6.00. The molecule has 1 aliphatic rings. The van der Waals surface area contributed by atoms with E-state index in [1.165, 1.54) is 24.0 Å². The van der Waals surface area contributed by atoms with Gasteiger partial charge in [0.2, 0.25) is 0 Å². The smallest absolute Gasteiger partial charge is 0.155 e. The van der Waals surface area contributed by atoms with Crippen LogP contribution in [0.5, 0.6) is 11.5 Å². The lowest BCUT2D eigenvalue weighted by Crippen LogP contribution is -2.02. The molecule has 2 aromatic rings. The highest BCUT2D eigenvalue weighted by Crippen LogP contribution is 2.31. The predicted molar refractivity (Wildman–Crippen MR) is 80.0 cm³/mol. The van der Waals surface area contributed by atoms with Crippen LogP contribution in [0, 0.1) is 0 Å². The summed E-state index contributed by atoms with van der Waals surface area (Å²) in [6.45, 7) is 0. The van der Waals surface area contributed by atoms with E-state index in [-0.39, 0.29) is 0 Å². The van der Waals surface area contributed by atoms with Crippen molar-refractivity contribution in [3.8, 4) is 11.5 Å². The van der Waals surface area contributed by atoms with Gasteiger partial charge >= 0.3 is 0 Å². The Labute approximate surface area is 123 Å². The largest absolute Gasteiger partial charge is 0.457 e. The number of carbonyl (C=O) groups is 1. The van der Waals surface area contributed by atoms with Crippen LogP contribution >= 0.6 is 11.6 Å². The van der Waals surface area contributed by atoms with Gasteiger partial charge < -0.3 is 4.74 Å². The van der Waals surface area contributed by atoms with Gasteiger partial charge in [-0.1, -0.05) is 23.7 Å². The van der Waals surface area contributed by atoms with Gasteiger partial charge in [0, 0.05) is 0 Å². The van der Waals surface area contributed by atoms with Crippen LogP contribution in [0.3, 0.4) is 0 Å². The lowest BCUT2D eigenvalue weighted by molar-refractivity contribution is 0.112. The van der Waals surface area contributed by atoms with Crippen molar-refractivity contribution in [2.45, 2.75) is 25.7 Å². The van der Waals surface area contributed by atoms with E-state index in [1.54, 1.807) is 18.2 Å². The fourth-order valence-electron chi connectivity index (χ4n) is 2.62. The van der Waals surface area contributed by atoms with Crippen molar-refractivity contribution in [3.63, 3.8) is 0 Å². The second-order valence-electron chi connectivity index (χ2n) is 5.01. The lowest BCUT2D eigenvalue weighted by atomic mass is 9.92. The molecular weight excluding hydrogens is 272 g/mol. The van der Waals surface area contributed by atoms with Crippen molar-refractivity contribution >= 4 is 17.9 Å². The van der Waals surface area contributed by atoms with Crippen molar-refractivity contribution in [2.24, 2.45) is 0 Å². The Bertz CT molecular complexity index is 649. The summed E-state index contributed by atoms with van der Waals surface area (Å²) in [4.78, 5) is 11.1. The summed E-state index contributed by atoms with van der Waals surface area (Å²) in [6, 6.07) is 11.4. The fraction of sp³-hybridized carbons (Fsp3) is 0.235. The predicted octanol–water partition coefficient (Wildman–Crippen LogP) is 4.82. The maximum atomic E-state index is 11.1. The van der Waals surface area contributed by atoms with E-state index in [0.29, 0.717) is 16.3 Å². The molecule has 0 aromatic heterocycles. The Morgan fingerprint density at radius 3 is 2.65 bits per heavy atom. The average Bonchev–Trinajstić information content (AvgIpc) is 2.47. The van der Waals surface area contributed by atoms with Gasteiger partial charge in [0.25, 0.3) is 0 Å². The molecule has 0 spiro atoms. The topological polar surface area (TPSA) is 26.3 Å². The Balaban J connectivity index is 1.92. The molecule has 0 unspecified atom stereocenters. The minimum Gasteiger partial charge on any atom is -0.457 e. The molecule has 0 aliphatic heterocycles. The first kappa shape index (κ1) is 13.2. The molecule has 3 heteroatoms. The van der Waals surface area contributed by atoms with E-state index in [2.05, 4.69) is 12.1 Å². The van der Waals surface area contributed by atoms with Gasteiger partial charge in [-0.05, 0) is 61.1 Å². The van der Waals surface area contributed by atoms with Crippen molar-refractivity contribution in [3.05, 3.63) is 58.1 Å². The van der Waals surface area contributed by atoms with E-state index in [4.69, 9.17) is 16.3 Å². The highest BCUT2D eigenvalue weighted by molar-refractivity contribution is 6.33. The number of ether oxygens (including phenoxy) is 1. The SMILES string of the molecule is O=Cc1c(Cl)cccc1Oc1ccc2c(c1)CCCC2. The van der Waals surface area contributed by atoms with Crippen LogP contribution in [-0.2, 0) is 12.8 Å². The summed E-state index contributed by atoms with van der Waals surface area (Å²) in [7, 11) is 0. The zero-order chi connectivity index (χ0) is 13.9. The average molecular weight is 287 g/mol. The van der Waals surface area contributed by atoms with Gasteiger partial charge in [0.05, 0.1) is 10.6 Å². The van der Waals surface area contributed by atoms with Crippen molar-refractivity contribution in [1.82, 2.24) is 0 Å². The summed E-state index contributed by atoms with van der Waals surface area (Å²) < 4.78 is 5.83. The number of hydrogen-bond donors (Lipinski definition) is 0. The normalized spacial score (nSPS) is 13.7. The summed E-state index contributed by atoms with van der Waals surface area (Å²) in [5, 5.41) is 0.412. The molecule has 0 amide bonds. The Hall–Kier alpha value is -1.80. The Morgan fingerprint density at radius 2 is 1.85 bits per heavy atom. The van der Waals surface area contributed by atoms with E-state index in [0.717, 1.165) is 24.9 Å².